The number of aryl methyl sites for hydroxylation is 2. The molecule has 0 atom stereocenters. The first-order chi connectivity index (χ1) is 13.9. The molecule has 2 aromatic heterocycles. The van der Waals surface area contributed by atoms with Crippen molar-refractivity contribution >= 4 is 28.3 Å². The average molecular weight is 413 g/mol. The lowest BCUT2D eigenvalue weighted by Gasteiger charge is -2.03. The molecule has 152 valence electrons. The number of aromatic amines is 1. The first-order valence-electron chi connectivity index (χ1n) is 9.12. The van der Waals surface area contributed by atoms with Gasteiger partial charge in [0.1, 0.15) is 11.4 Å². The molecule has 1 amide bonds. The highest BCUT2D eigenvalue weighted by Gasteiger charge is 2.24. The molecular formula is C21H23N3O4S. The molecule has 0 fully saturated rings. The summed E-state index contributed by atoms with van der Waals surface area (Å²) in [5, 5.41) is 3.33. The number of esters is 1. The molecule has 0 spiro atoms. The largest absolute Gasteiger partial charge is 0.497 e. The SMILES string of the molecule is CCc1[nH]c(C(=O)Nc2nc(-c3ccc(OC)cc3)c(C)s2)c(C)c1C(=O)OC. The van der Waals surface area contributed by atoms with Crippen molar-refractivity contribution in [2.24, 2.45) is 0 Å². The van der Waals surface area contributed by atoms with Crippen LogP contribution < -0.4 is 10.1 Å². The van der Waals surface area contributed by atoms with E-state index in [9.17, 15) is 9.59 Å². The van der Waals surface area contributed by atoms with Gasteiger partial charge >= 0.3 is 5.97 Å². The predicted octanol–water partition coefficient (Wildman–Crippen LogP) is 4.36. The second kappa shape index (κ2) is 8.48. The van der Waals surface area contributed by atoms with E-state index in [-0.39, 0.29) is 5.91 Å². The number of benzene rings is 1. The Hall–Kier alpha value is -3.13. The highest BCUT2D eigenvalue weighted by atomic mass is 32.1. The summed E-state index contributed by atoms with van der Waals surface area (Å²) < 4.78 is 10.0. The van der Waals surface area contributed by atoms with E-state index in [4.69, 9.17) is 9.47 Å². The highest BCUT2D eigenvalue weighted by molar-refractivity contribution is 7.16. The second-order valence-corrected chi connectivity index (χ2v) is 7.63. The van der Waals surface area contributed by atoms with Gasteiger partial charge in [-0.2, -0.15) is 0 Å². The minimum atomic E-state index is -0.457. The molecule has 0 aliphatic heterocycles. The van der Waals surface area contributed by atoms with Gasteiger partial charge in [0.05, 0.1) is 25.5 Å². The summed E-state index contributed by atoms with van der Waals surface area (Å²) in [6.07, 6.45) is 0.580. The molecule has 29 heavy (non-hydrogen) atoms. The normalized spacial score (nSPS) is 10.7. The number of ether oxygens (including phenoxy) is 2. The molecule has 7 nitrogen and oxygen atoms in total. The maximum atomic E-state index is 12.8. The van der Waals surface area contributed by atoms with Gasteiger partial charge in [-0.15, -0.1) is 11.3 Å². The van der Waals surface area contributed by atoms with Crippen molar-refractivity contribution in [3.8, 4) is 17.0 Å². The Balaban J connectivity index is 1.86. The van der Waals surface area contributed by atoms with Crippen LogP contribution in [0.5, 0.6) is 5.75 Å². The Bertz CT molecular complexity index is 1050. The van der Waals surface area contributed by atoms with Crippen molar-refractivity contribution in [2.75, 3.05) is 19.5 Å². The fourth-order valence-corrected chi connectivity index (χ4v) is 3.99. The van der Waals surface area contributed by atoms with Gasteiger partial charge in [0.25, 0.3) is 5.91 Å². The Morgan fingerprint density at radius 2 is 1.86 bits per heavy atom. The van der Waals surface area contributed by atoms with Crippen molar-refractivity contribution in [1.29, 1.82) is 0 Å². The zero-order chi connectivity index (χ0) is 21.1. The number of hydrogen-bond donors (Lipinski definition) is 2. The predicted molar refractivity (Wildman–Crippen MR) is 113 cm³/mol. The maximum Gasteiger partial charge on any atom is 0.339 e. The fourth-order valence-electron chi connectivity index (χ4n) is 3.16. The lowest BCUT2D eigenvalue weighted by molar-refractivity contribution is 0.0599. The minimum Gasteiger partial charge on any atom is -0.497 e. The van der Waals surface area contributed by atoms with Crippen LogP contribution in [-0.4, -0.2) is 36.1 Å². The van der Waals surface area contributed by atoms with Gasteiger partial charge in [-0.1, -0.05) is 6.92 Å². The van der Waals surface area contributed by atoms with E-state index < -0.39 is 5.97 Å². The number of thiazole rings is 1. The number of carbonyl (C=O) groups excluding carboxylic acids is 2. The summed E-state index contributed by atoms with van der Waals surface area (Å²) in [5.74, 6) is -0.0329. The number of methoxy groups -OCH3 is 2. The quantitative estimate of drug-likeness (QED) is 0.586. The first-order valence-corrected chi connectivity index (χ1v) is 9.94. The van der Waals surface area contributed by atoms with Gasteiger partial charge in [0.15, 0.2) is 5.13 Å². The third-order valence-electron chi connectivity index (χ3n) is 4.68. The van der Waals surface area contributed by atoms with Crippen LogP contribution in [0.2, 0.25) is 0 Å². The number of anilines is 1. The molecule has 3 rings (SSSR count). The monoisotopic (exact) mass is 413 g/mol. The van der Waals surface area contributed by atoms with E-state index in [2.05, 4.69) is 15.3 Å². The van der Waals surface area contributed by atoms with E-state index in [1.165, 1.54) is 18.4 Å². The molecule has 2 heterocycles. The summed E-state index contributed by atoms with van der Waals surface area (Å²) in [6.45, 7) is 5.59. The molecule has 8 heteroatoms. The van der Waals surface area contributed by atoms with E-state index in [0.717, 1.165) is 21.9 Å². The second-order valence-electron chi connectivity index (χ2n) is 6.43. The van der Waals surface area contributed by atoms with Gasteiger partial charge in [-0.05, 0) is 50.1 Å². The third-order valence-corrected chi connectivity index (χ3v) is 5.56. The van der Waals surface area contributed by atoms with Gasteiger partial charge in [0, 0.05) is 16.1 Å². The van der Waals surface area contributed by atoms with Gasteiger partial charge < -0.3 is 14.5 Å². The van der Waals surface area contributed by atoms with Crippen molar-refractivity contribution in [2.45, 2.75) is 27.2 Å². The number of hydrogen-bond acceptors (Lipinski definition) is 6. The Labute approximate surface area is 173 Å². The number of amides is 1. The standard InChI is InChI=1S/C21H23N3O4S/c1-6-15-16(20(26)28-5)11(2)17(22-15)19(25)24-21-23-18(12(3)29-21)13-7-9-14(27-4)10-8-13/h7-10,22H,6H2,1-5H3,(H,23,24,25). The van der Waals surface area contributed by atoms with Crippen molar-refractivity contribution < 1.29 is 19.1 Å². The topological polar surface area (TPSA) is 93.3 Å². The van der Waals surface area contributed by atoms with E-state index >= 15 is 0 Å². The molecule has 0 radical (unpaired) electrons. The summed E-state index contributed by atoms with van der Waals surface area (Å²) >= 11 is 1.40. The summed E-state index contributed by atoms with van der Waals surface area (Å²) in [7, 11) is 2.95. The van der Waals surface area contributed by atoms with Gasteiger partial charge in [-0.3, -0.25) is 10.1 Å². The minimum absolute atomic E-state index is 0.334. The van der Waals surface area contributed by atoms with Gasteiger partial charge in [0.2, 0.25) is 0 Å². The number of carbonyl (C=O) groups is 2. The first kappa shape index (κ1) is 20.6. The molecular weight excluding hydrogens is 390 g/mol. The summed E-state index contributed by atoms with van der Waals surface area (Å²) in [4.78, 5) is 33.5. The molecule has 0 saturated carbocycles. The maximum absolute atomic E-state index is 12.8. The highest BCUT2D eigenvalue weighted by Crippen LogP contribution is 2.32. The zero-order valence-corrected chi connectivity index (χ0v) is 17.8. The van der Waals surface area contributed by atoms with Crippen LogP contribution in [0.1, 0.15) is 43.9 Å². The Morgan fingerprint density at radius 3 is 2.45 bits per heavy atom. The van der Waals surface area contributed by atoms with E-state index in [1.807, 2.05) is 38.1 Å². The Morgan fingerprint density at radius 1 is 1.17 bits per heavy atom. The molecule has 1 aromatic carbocycles. The van der Waals surface area contributed by atoms with Crippen LogP contribution in [-0.2, 0) is 11.2 Å². The third kappa shape index (κ3) is 4.02. The molecule has 0 bridgehead atoms. The van der Waals surface area contributed by atoms with Crippen molar-refractivity contribution in [3.63, 3.8) is 0 Å². The van der Waals surface area contributed by atoms with Crippen LogP contribution in [0.4, 0.5) is 5.13 Å². The number of nitrogens with one attached hydrogen (secondary N) is 2. The number of nitrogens with zero attached hydrogens (tertiary/aromatic N) is 1. The molecule has 0 unspecified atom stereocenters. The summed E-state index contributed by atoms with van der Waals surface area (Å²) in [6, 6.07) is 7.60. The van der Waals surface area contributed by atoms with Crippen LogP contribution in [0, 0.1) is 13.8 Å². The van der Waals surface area contributed by atoms with Crippen molar-refractivity contribution in [1.82, 2.24) is 9.97 Å². The van der Waals surface area contributed by atoms with Crippen molar-refractivity contribution in [3.05, 3.63) is 51.7 Å². The smallest absolute Gasteiger partial charge is 0.339 e. The van der Waals surface area contributed by atoms with Crippen LogP contribution >= 0.6 is 11.3 Å². The fraction of sp³-hybridized carbons (Fsp3) is 0.286. The van der Waals surface area contributed by atoms with E-state index in [1.54, 1.807) is 14.0 Å². The molecule has 0 aliphatic rings. The average Bonchev–Trinajstić information content (AvgIpc) is 3.26. The van der Waals surface area contributed by atoms with Crippen LogP contribution in [0.25, 0.3) is 11.3 Å². The molecule has 2 N–H and O–H groups in total. The molecule has 0 saturated heterocycles. The van der Waals surface area contributed by atoms with Gasteiger partial charge in [-0.25, -0.2) is 9.78 Å². The zero-order valence-electron chi connectivity index (χ0n) is 17.0. The lowest BCUT2D eigenvalue weighted by atomic mass is 10.1. The number of H-pyrrole nitrogens is 1. The number of aromatic nitrogens is 2. The molecule has 0 aliphatic carbocycles. The number of rotatable bonds is 6. The summed E-state index contributed by atoms with van der Waals surface area (Å²) in [5.41, 5.74) is 3.73. The van der Waals surface area contributed by atoms with E-state index in [0.29, 0.717) is 34.1 Å². The Kier molecular flexibility index (Phi) is 6.03. The van der Waals surface area contributed by atoms with Crippen LogP contribution in [0.3, 0.4) is 0 Å². The van der Waals surface area contributed by atoms with Crippen LogP contribution in [0.15, 0.2) is 24.3 Å². The lowest BCUT2D eigenvalue weighted by Crippen LogP contribution is -2.14. The molecule has 3 aromatic rings.